The minimum absolute atomic E-state index is 0.0539. The molecule has 2 fully saturated rings. The third-order valence-electron chi connectivity index (χ3n) is 6.19. The average Bonchev–Trinajstić information content (AvgIpc) is 3.71. The first-order chi connectivity index (χ1) is 20.1. The molecule has 0 bridgehead atoms. The van der Waals surface area contributed by atoms with Crippen LogP contribution in [0.5, 0.6) is 5.75 Å². The number of morpholine rings is 1. The molecule has 1 aliphatic heterocycles. The number of anilines is 3. The number of methoxy groups -OCH3 is 1. The summed E-state index contributed by atoms with van der Waals surface area (Å²) in [6.07, 6.45) is 1.46. The fraction of sp³-hybridized carbons (Fsp3) is 0.400. The van der Waals surface area contributed by atoms with Crippen LogP contribution in [-0.2, 0) is 20.7 Å². The SMILES string of the molecule is [2H]C([2H])([2H])NC(=O)c1nnc(NC(=O)C2CC2)cc1Nc1cccc(-c2noc(CC(=O)N3CCOCC3)n2)c1OC. The molecule has 0 radical (unpaired) electrons. The van der Waals surface area contributed by atoms with Gasteiger partial charge in [-0.25, -0.2) is 0 Å². The van der Waals surface area contributed by atoms with Gasteiger partial charge in [-0.05, 0) is 25.0 Å². The summed E-state index contributed by atoms with van der Waals surface area (Å²) in [5, 5.41) is 19.3. The first-order valence-electron chi connectivity index (χ1n) is 13.7. The summed E-state index contributed by atoms with van der Waals surface area (Å²) < 4.78 is 38.4. The van der Waals surface area contributed by atoms with Crippen molar-refractivity contribution in [2.24, 2.45) is 5.92 Å². The van der Waals surface area contributed by atoms with E-state index in [1.807, 2.05) is 5.32 Å². The highest BCUT2D eigenvalue weighted by Crippen LogP contribution is 2.37. The number of rotatable bonds is 9. The molecular weight excluding hydrogens is 508 g/mol. The Morgan fingerprint density at radius 1 is 1.18 bits per heavy atom. The smallest absolute Gasteiger partial charge is 0.273 e. The number of carbonyl (C=O) groups is 3. The van der Waals surface area contributed by atoms with Crippen molar-refractivity contribution in [2.45, 2.75) is 19.3 Å². The van der Waals surface area contributed by atoms with Crippen molar-refractivity contribution in [3.63, 3.8) is 0 Å². The van der Waals surface area contributed by atoms with E-state index in [9.17, 15) is 14.4 Å². The van der Waals surface area contributed by atoms with Crippen molar-refractivity contribution in [1.82, 2.24) is 30.6 Å². The van der Waals surface area contributed by atoms with Gasteiger partial charge in [0.25, 0.3) is 5.91 Å². The van der Waals surface area contributed by atoms with Crippen LogP contribution in [0.1, 0.15) is 33.3 Å². The van der Waals surface area contributed by atoms with Crippen LogP contribution in [0.25, 0.3) is 11.4 Å². The van der Waals surface area contributed by atoms with Crippen LogP contribution in [0.15, 0.2) is 28.8 Å². The van der Waals surface area contributed by atoms with E-state index < -0.39 is 12.9 Å². The van der Waals surface area contributed by atoms with Crippen LogP contribution in [0, 0.1) is 5.92 Å². The molecule has 2 aliphatic rings. The standard InChI is InChI=1S/C25H28N8O6/c1-26-25(36)21-17(12-18(30-31-21)28-24(35)14-6-7-14)27-16-5-3-4-15(22(16)37-2)23-29-19(39-32-23)13-20(34)33-8-10-38-11-9-33/h3-5,12,14H,6-11,13H2,1-2H3,(H,26,36)(H2,27,28,30,35)/i1D3. The molecule has 3 N–H and O–H groups in total. The van der Waals surface area contributed by atoms with Gasteiger partial charge in [-0.1, -0.05) is 11.2 Å². The van der Waals surface area contributed by atoms with Gasteiger partial charge in [0.1, 0.15) is 6.42 Å². The number of carbonyl (C=O) groups excluding carboxylic acids is 3. The lowest BCUT2D eigenvalue weighted by atomic mass is 10.1. The molecule has 204 valence electrons. The molecule has 2 aromatic heterocycles. The average molecular weight is 540 g/mol. The van der Waals surface area contributed by atoms with Gasteiger partial charge in [-0.3, -0.25) is 14.4 Å². The van der Waals surface area contributed by atoms with Crippen LogP contribution in [0.3, 0.4) is 0 Å². The fourth-order valence-corrected chi connectivity index (χ4v) is 4.02. The van der Waals surface area contributed by atoms with Crippen LogP contribution in [-0.4, -0.2) is 83.3 Å². The first-order valence-corrected chi connectivity index (χ1v) is 12.2. The zero-order valence-corrected chi connectivity index (χ0v) is 21.0. The highest BCUT2D eigenvalue weighted by molar-refractivity contribution is 6.00. The summed E-state index contributed by atoms with van der Waals surface area (Å²) in [5.41, 5.74) is 0.472. The number of nitrogens with one attached hydrogen (secondary N) is 3. The molecule has 0 atom stereocenters. The molecular formula is C25H28N8O6. The lowest BCUT2D eigenvalue weighted by molar-refractivity contribution is -0.134. The second kappa shape index (κ2) is 11.4. The largest absolute Gasteiger partial charge is 0.494 e. The van der Waals surface area contributed by atoms with E-state index in [1.165, 1.54) is 13.2 Å². The van der Waals surface area contributed by atoms with Crippen LogP contribution in [0.2, 0.25) is 0 Å². The molecule has 3 heterocycles. The monoisotopic (exact) mass is 539 g/mol. The van der Waals surface area contributed by atoms with E-state index in [2.05, 4.69) is 31.0 Å². The first kappa shape index (κ1) is 22.4. The van der Waals surface area contributed by atoms with Gasteiger partial charge in [-0.15, -0.1) is 10.2 Å². The maximum atomic E-state index is 12.8. The third-order valence-corrected chi connectivity index (χ3v) is 6.19. The summed E-state index contributed by atoms with van der Waals surface area (Å²) in [4.78, 5) is 43.7. The quantitative estimate of drug-likeness (QED) is 0.358. The summed E-state index contributed by atoms with van der Waals surface area (Å²) in [6, 6.07) is 6.36. The summed E-state index contributed by atoms with van der Waals surface area (Å²) >= 11 is 0. The summed E-state index contributed by atoms with van der Waals surface area (Å²) in [6.45, 7) is -0.851. The van der Waals surface area contributed by atoms with E-state index in [0.717, 1.165) is 12.8 Å². The topological polar surface area (TPSA) is 174 Å². The number of benzene rings is 1. The highest BCUT2D eigenvalue weighted by Gasteiger charge is 2.30. The molecule has 14 heteroatoms. The Labute approximate surface area is 227 Å². The number of nitrogens with zero attached hydrogens (tertiary/aromatic N) is 5. The molecule has 0 spiro atoms. The minimum atomic E-state index is -2.77. The van der Waals surface area contributed by atoms with Crippen molar-refractivity contribution in [3.05, 3.63) is 35.9 Å². The maximum Gasteiger partial charge on any atom is 0.273 e. The fourth-order valence-electron chi connectivity index (χ4n) is 4.02. The zero-order valence-electron chi connectivity index (χ0n) is 24.0. The van der Waals surface area contributed by atoms with Gasteiger partial charge in [0, 0.05) is 36.2 Å². The van der Waals surface area contributed by atoms with Gasteiger partial charge in [0.2, 0.25) is 23.5 Å². The van der Waals surface area contributed by atoms with Crippen molar-refractivity contribution < 1.29 is 32.5 Å². The molecule has 1 aliphatic carbocycles. The summed E-state index contributed by atoms with van der Waals surface area (Å²) in [5.74, 6) is -0.890. The number of para-hydroxylation sites is 1. The Morgan fingerprint density at radius 3 is 2.74 bits per heavy atom. The molecule has 3 aromatic rings. The van der Waals surface area contributed by atoms with Crippen molar-refractivity contribution in [2.75, 3.05) is 51.0 Å². The second-order valence-corrected chi connectivity index (χ2v) is 8.90. The zero-order chi connectivity index (χ0) is 29.9. The third kappa shape index (κ3) is 5.95. The Balaban J connectivity index is 1.42. The van der Waals surface area contributed by atoms with Crippen molar-refractivity contribution in [3.8, 4) is 17.1 Å². The van der Waals surface area contributed by atoms with Gasteiger partial charge in [0.05, 0.1) is 37.3 Å². The van der Waals surface area contributed by atoms with Gasteiger partial charge in [-0.2, -0.15) is 4.98 Å². The summed E-state index contributed by atoms with van der Waals surface area (Å²) in [7, 11) is 1.42. The molecule has 39 heavy (non-hydrogen) atoms. The van der Waals surface area contributed by atoms with Gasteiger partial charge < -0.3 is 34.8 Å². The Morgan fingerprint density at radius 2 is 2.00 bits per heavy atom. The molecule has 14 nitrogen and oxygen atoms in total. The van der Waals surface area contributed by atoms with E-state index in [1.54, 1.807) is 23.1 Å². The highest BCUT2D eigenvalue weighted by atomic mass is 16.5. The van der Waals surface area contributed by atoms with Crippen LogP contribution >= 0.6 is 0 Å². The number of hydrogen-bond acceptors (Lipinski definition) is 11. The Kier molecular flexibility index (Phi) is 6.56. The van der Waals surface area contributed by atoms with Gasteiger partial charge in [0.15, 0.2) is 17.3 Å². The van der Waals surface area contributed by atoms with Crippen molar-refractivity contribution >= 4 is 34.9 Å². The van der Waals surface area contributed by atoms with Crippen LogP contribution in [0.4, 0.5) is 17.2 Å². The molecule has 3 amide bonds. The minimum Gasteiger partial charge on any atom is -0.494 e. The predicted molar refractivity (Wildman–Crippen MR) is 137 cm³/mol. The van der Waals surface area contributed by atoms with E-state index >= 15 is 0 Å². The van der Waals surface area contributed by atoms with Crippen LogP contribution < -0.4 is 20.7 Å². The number of ether oxygens (including phenoxy) is 2. The second-order valence-electron chi connectivity index (χ2n) is 8.90. The molecule has 1 saturated heterocycles. The number of amides is 3. The molecule has 5 rings (SSSR count). The number of aromatic nitrogens is 4. The normalized spacial score (nSPS) is 16.4. The Hall–Kier alpha value is -4.59. The van der Waals surface area contributed by atoms with E-state index in [4.69, 9.17) is 18.1 Å². The lowest BCUT2D eigenvalue weighted by Gasteiger charge is -2.26. The number of hydrogen-bond donors (Lipinski definition) is 3. The predicted octanol–water partition coefficient (Wildman–Crippen LogP) is 1.39. The van der Waals surface area contributed by atoms with Crippen molar-refractivity contribution in [1.29, 1.82) is 0 Å². The lowest BCUT2D eigenvalue weighted by Crippen LogP contribution is -2.41. The van der Waals surface area contributed by atoms with E-state index in [-0.39, 0.29) is 58.8 Å². The molecule has 0 unspecified atom stereocenters. The molecule has 1 saturated carbocycles. The van der Waals surface area contributed by atoms with Gasteiger partial charge >= 0.3 is 0 Å². The van der Waals surface area contributed by atoms with E-state index in [0.29, 0.717) is 37.6 Å². The maximum absolute atomic E-state index is 12.8. The molecule has 1 aromatic carbocycles. The Bertz CT molecular complexity index is 1490.